The summed E-state index contributed by atoms with van der Waals surface area (Å²) >= 11 is 0. The number of carbonyl (C=O) groups excluding carboxylic acids is 3. The van der Waals surface area contributed by atoms with Gasteiger partial charge in [-0.2, -0.15) is 35.1 Å². The molecule has 34 heteroatoms. The maximum Gasteiger partial charge on any atom is 0.490 e. The standard InChI is InChI=1S/C32H40FN7O4.C28H32FN7O4.C2HF3O2.CHF3.CH2O2/c1-32(2,3)44-30(41)25(39-31(42)43-19-21-8-5-4-6-9-21)18-35-28-26(33)29(37-20-36-28)40-16-13-22(14-17-40)24-12-11-23-10-7-15-34-27(23)38-24;29-23-25(31-15-22(27(37)38)35-28(39)40-16-18-5-2-1-3-6-18)32-17-33-26(23)36-13-10-19(11-14-36)21-9-8-20-7-4-12-30-24(20)34-21;3-2(4,5)1(6)7;2-1(3)4;2-1-3/h4-6,8-9,11-12,20,22,25H,7,10,13-19H2,1-3H3,(H,34,38)(H,39,42)(H,35,36,37);1-3,5-6,8-9,17,19,22H,4,7,10-16H2,(H,30,34)(H,35,39)(H,37,38)(H,31,32,33);(H,6,7);1H;1H,(H,2,3)/t25-;22-;;;/m00.../s1. The van der Waals surface area contributed by atoms with Gasteiger partial charge in [-0.05, 0) is 107 Å². The number of carbonyl (C=O) groups is 6. The molecule has 0 bridgehead atoms. The Morgan fingerprint density at radius 1 is 0.622 bits per heavy atom. The van der Waals surface area contributed by atoms with E-state index >= 15 is 8.78 Å². The molecule has 2 amide bonds. The fourth-order valence-electron chi connectivity index (χ4n) is 10.3. The highest BCUT2D eigenvalue weighted by Crippen LogP contribution is 2.35. The van der Waals surface area contributed by atoms with Crippen molar-refractivity contribution in [2.75, 3.05) is 83.4 Å². The minimum atomic E-state index is -5.08. The van der Waals surface area contributed by atoms with Gasteiger partial charge in [-0.3, -0.25) is 4.79 Å². The second-order valence-electron chi connectivity index (χ2n) is 23.1. The number of aromatic nitrogens is 6. The highest BCUT2D eigenvalue weighted by molar-refractivity contribution is 5.82. The summed E-state index contributed by atoms with van der Waals surface area (Å²) in [7, 11) is 0. The molecule has 2 atom stereocenters. The molecule has 4 aliphatic rings. The van der Waals surface area contributed by atoms with Crippen LogP contribution in [0.1, 0.15) is 105 Å². The number of benzene rings is 2. The Morgan fingerprint density at radius 3 is 1.37 bits per heavy atom. The van der Waals surface area contributed by atoms with E-state index in [4.69, 9.17) is 44.0 Å². The highest BCUT2D eigenvalue weighted by Gasteiger charge is 2.38. The Balaban J connectivity index is 0.000000260. The van der Waals surface area contributed by atoms with Crippen molar-refractivity contribution >= 4 is 71.5 Å². The van der Waals surface area contributed by atoms with Crippen LogP contribution in [0.3, 0.4) is 0 Å². The fraction of sp³-hybridized carbons (Fsp3) is 0.438. The summed E-state index contributed by atoms with van der Waals surface area (Å²) in [6, 6.07) is 24.2. The van der Waals surface area contributed by atoms with E-state index in [2.05, 4.69) is 76.1 Å². The smallest absolute Gasteiger partial charge is 0.483 e. The molecular weight excluding hydrogens is 1310 g/mol. The number of alkyl halides is 6. The number of halogens is 8. The van der Waals surface area contributed by atoms with Crippen molar-refractivity contribution in [2.24, 2.45) is 0 Å². The number of piperidine rings is 2. The van der Waals surface area contributed by atoms with Gasteiger partial charge in [0.15, 0.2) is 23.3 Å². The summed E-state index contributed by atoms with van der Waals surface area (Å²) in [4.78, 5) is 96.4. The Labute approximate surface area is 557 Å². The van der Waals surface area contributed by atoms with E-state index in [1.165, 1.54) is 23.8 Å². The molecule has 0 saturated carbocycles. The van der Waals surface area contributed by atoms with E-state index in [1.807, 2.05) is 46.2 Å². The van der Waals surface area contributed by atoms with Crippen LogP contribution in [0.5, 0.6) is 0 Å². The van der Waals surface area contributed by atoms with Crippen molar-refractivity contribution in [3.8, 4) is 0 Å². The molecule has 2 aromatic carbocycles. The third-order valence-electron chi connectivity index (χ3n) is 15.0. The molecule has 26 nitrogen and oxygen atoms in total. The average molecular weight is 1390 g/mol. The van der Waals surface area contributed by atoms with E-state index in [0.717, 1.165) is 98.6 Å². The Morgan fingerprint density at radius 2 is 1.00 bits per heavy atom. The Bertz CT molecular complexity index is 3550. The molecule has 0 aliphatic carbocycles. The molecule has 98 heavy (non-hydrogen) atoms. The lowest BCUT2D eigenvalue weighted by Crippen LogP contribution is -2.48. The molecule has 0 unspecified atom stereocenters. The Hall–Kier alpha value is -10.4. The summed E-state index contributed by atoms with van der Waals surface area (Å²) < 4.78 is 108. The van der Waals surface area contributed by atoms with Crippen LogP contribution in [0, 0.1) is 11.6 Å². The summed E-state index contributed by atoms with van der Waals surface area (Å²) in [6.07, 6.45) is 3.29. The number of hydrogen-bond donors (Lipinski definition) is 9. The lowest BCUT2D eigenvalue weighted by Gasteiger charge is -2.33. The first-order chi connectivity index (χ1) is 46.7. The number of hydrogen-bond acceptors (Lipinski definition) is 21. The van der Waals surface area contributed by atoms with Gasteiger partial charge in [0.25, 0.3) is 6.47 Å². The summed E-state index contributed by atoms with van der Waals surface area (Å²) in [5, 5.41) is 40.7. The molecule has 0 radical (unpaired) electrons. The van der Waals surface area contributed by atoms with Gasteiger partial charge in [-0.15, -0.1) is 0 Å². The number of fused-ring (bicyclic) bond motifs is 2. The van der Waals surface area contributed by atoms with E-state index < -0.39 is 72.3 Å². The van der Waals surface area contributed by atoms with Gasteiger partial charge >= 0.3 is 42.9 Å². The molecule has 530 valence electrons. The number of aliphatic carboxylic acids is 2. The van der Waals surface area contributed by atoms with Crippen LogP contribution in [0.15, 0.2) is 97.6 Å². The molecular formula is C64H76F8N14O12. The first-order valence-electron chi connectivity index (χ1n) is 30.9. The first kappa shape index (κ1) is 76.6. The minimum Gasteiger partial charge on any atom is -0.483 e. The molecule has 4 aliphatic heterocycles. The fourth-order valence-corrected chi connectivity index (χ4v) is 10.3. The van der Waals surface area contributed by atoms with Gasteiger partial charge in [0.1, 0.15) is 55.2 Å². The number of nitrogens with one attached hydrogen (secondary N) is 6. The third kappa shape index (κ3) is 25.0. The van der Waals surface area contributed by atoms with Crippen molar-refractivity contribution in [1.29, 1.82) is 0 Å². The monoisotopic (exact) mass is 1380 g/mol. The van der Waals surface area contributed by atoms with Gasteiger partial charge < -0.3 is 71.2 Å². The lowest BCUT2D eigenvalue weighted by atomic mass is 9.92. The number of ether oxygens (including phenoxy) is 3. The van der Waals surface area contributed by atoms with Crippen LogP contribution in [-0.4, -0.2) is 165 Å². The first-order valence-corrected chi connectivity index (χ1v) is 30.9. The number of carboxylic acids is 2. The van der Waals surface area contributed by atoms with Crippen molar-refractivity contribution in [1.82, 2.24) is 40.5 Å². The molecule has 8 heterocycles. The van der Waals surface area contributed by atoms with E-state index in [0.29, 0.717) is 26.2 Å². The number of carboxylic acid groups (broad SMARTS) is 3. The predicted molar refractivity (Wildman–Crippen MR) is 342 cm³/mol. The maximum absolute atomic E-state index is 15.7. The lowest BCUT2D eigenvalue weighted by molar-refractivity contribution is -0.192. The number of amides is 2. The van der Waals surface area contributed by atoms with Crippen molar-refractivity contribution in [3.05, 3.63) is 143 Å². The molecule has 0 spiro atoms. The van der Waals surface area contributed by atoms with E-state index in [9.17, 15) is 50.6 Å². The average Bonchev–Trinajstić information content (AvgIpc) is 0.818. The van der Waals surface area contributed by atoms with Crippen LogP contribution in [0.4, 0.5) is 79.6 Å². The largest absolute Gasteiger partial charge is 0.490 e. The predicted octanol–water partition coefficient (Wildman–Crippen LogP) is 9.86. The second kappa shape index (κ2) is 37.7. The van der Waals surface area contributed by atoms with Gasteiger partial charge in [-0.25, -0.2) is 53.9 Å². The van der Waals surface area contributed by atoms with Crippen molar-refractivity contribution in [2.45, 2.75) is 128 Å². The third-order valence-corrected chi connectivity index (χ3v) is 15.0. The zero-order chi connectivity index (χ0) is 71.4. The van der Waals surface area contributed by atoms with Crippen molar-refractivity contribution in [3.63, 3.8) is 0 Å². The summed E-state index contributed by atoms with van der Waals surface area (Å²) in [5.74, 6) is -3.41. The van der Waals surface area contributed by atoms with Crippen LogP contribution in [-0.2, 0) is 59.4 Å². The van der Waals surface area contributed by atoms with Gasteiger partial charge in [0.05, 0.1) is 0 Å². The summed E-state index contributed by atoms with van der Waals surface area (Å²) in [5.41, 5.74) is 5.38. The second-order valence-corrected chi connectivity index (χ2v) is 23.1. The van der Waals surface area contributed by atoms with Crippen molar-refractivity contribution < 1.29 is 93.4 Å². The number of pyridine rings is 2. The molecule has 4 aromatic heterocycles. The normalized spacial score (nSPS) is 14.9. The highest BCUT2D eigenvalue weighted by atomic mass is 19.4. The number of alkyl carbamates (subject to hydrolysis) is 2. The molecule has 9 N–H and O–H groups in total. The van der Waals surface area contributed by atoms with Crippen LogP contribution >= 0.6 is 0 Å². The summed E-state index contributed by atoms with van der Waals surface area (Å²) in [6.45, 7) is 5.08. The Kier molecular flexibility index (Phi) is 29.5. The minimum absolute atomic E-state index is 0.00749. The SMILES string of the molecule is CC(C)(C)OC(=O)[C@H](CNc1ncnc(N2CCC(c3ccc4c(n3)NCCC4)CC2)c1F)NC(=O)OCc1ccccc1.FC(F)F.O=C(N[C@@H](CNc1ncnc(N2CCC(c3ccc4c(n3)NCCC4)CC2)c1F)C(=O)O)OCc1ccccc1.O=C(O)C(F)(F)F.O=CO. The zero-order valence-corrected chi connectivity index (χ0v) is 53.5. The quantitative estimate of drug-likeness (QED) is 0.0167. The maximum atomic E-state index is 15.7. The van der Waals surface area contributed by atoms with Gasteiger partial charge in [0, 0.05) is 75.6 Å². The molecule has 2 saturated heterocycles. The number of aryl methyl sites for hydroxylation is 2. The van der Waals surface area contributed by atoms with Gasteiger partial charge in [0.2, 0.25) is 11.6 Å². The zero-order valence-electron chi connectivity index (χ0n) is 53.5. The van der Waals surface area contributed by atoms with E-state index in [-0.39, 0.29) is 67.9 Å². The number of esters is 1. The number of anilines is 6. The topological polar surface area (TPSA) is 347 Å². The molecule has 6 aromatic rings. The van der Waals surface area contributed by atoms with E-state index in [1.54, 1.807) is 45.0 Å². The van der Waals surface area contributed by atoms with Crippen LogP contribution in [0.25, 0.3) is 0 Å². The van der Waals surface area contributed by atoms with Crippen LogP contribution in [0.2, 0.25) is 0 Å². The molecule has 2 fully saturated rings. The number of rotatable bonds is 18. The van der Waals surface area contributed by atoms with Crippen LogP contribution < -0.4 is 41.7 Å². The number of nitrogens with zero attached hydrogens (tertiary/aromatic N) is 8. The molecule has 10 rings (SSSR count). The van der Waals surface area contributed by atoms with Gasteiger partial charge in [-0.1, -0.05) is 72.8 Å².